The van der Waals surface area contributed by atoms with Gasteiger partial charge in [-0.05, 0) is 18.6 Å². The Labute approximate surface area is 251 Å². The van der Waals surface area contributed by atoms with Gasteiger partial charge in [-0.1, -0.05) is 44.4 Å². The number of ether oxygens (including phenoxy) is 8. The van der Waals surface area contributed by atoms with Crippen molar-refractivity contribution in [1.29, 1.82) is 0 Å². The molecule has 12 nitrogen and oxygen atoms in total. The molecular formula is C29H50O12S. The summed E-state index contributed by atoms with van der Waals surface area (Å²) in [5, 5.41) is 0. The first-order chi connectivity index (χ1) is 20.6. The highest BCUT2D eigenvalue weighted by Crippen LogP contribution is 2.10. The van der Waals surface area contributed by atoms with Crippen LogP contribution in [0.15, 0.2) is 35.2 Å². The van der Waals surface area contributed by atoms with Gasteiger partial charge in [-0.25, -0.2) is 0 Å². The van der Waals surface area contributed by atoms with Gasteiger partial charge in [-0.15, -0.1) is 0 Å². The molecule has 244 valence electrons. The molecule has 1 aromatic rings. The smallest absolute Gasteiger partial charge is 0.305 e. The van der Waals surface area contributed by atoms with Crippen molar-refractivity contribution < 1.29 is 55.3 Å². The molecule has 0 heterocycles. The Morgan fingerprint density at radius 3 is 1.38 bits per heavy atom. The van der Waals surface area contributed by atoms with Crippen molar-refractivity contribution >= 4 is 16.1 Å². The van der Waals surface area contributed by atoms with E-state index in [2.05, 4.69) is 6.92 Å². The molecule has 0 aromatic heterocycles. The van der Waals surface area contributed by atoms with Crippen LogP contribution < -0.4 is 0 Å². The molecule has 0 fully saturated rings. The molecule has 0 atom stereocenters. The predicted molar refractivity (Wildman–Crippen MR) is 155 cm³/mol. The third kappa shape index (κ3) is 23.8. The standard InChI is InChI=1S/C29H50O12S/c1-2-3-4-8-11-29(30)40-26-24-38-22-20-36-18-16-34-14-12-33-13-15-35-17-19-37-21-23-39-25-27-41-42(31,32)28-9-6-5-7-10-28/h5-7,9-10H,2-4,8,11-27H2,1H3. The summed E-state index contributed by atoms with van der Waals surface area (Å²) in [5.41, 5.74) is 0. The normalized spacial score (nSPS) is 11.6. The van der Waals surface area contributed by atoms with Crippen molar-refractivity contribution in [3.05, 3.63) is 30.3 Å². The Morgan fingerprint density at radius 1 is 0.548 bits per heavy atom. The van der Waals surface area contributed by atoms with Gasteiger partial charge >= 0.3 is 5.97 Å². The molecule has 0 N–H and O–H groups in total. The lowest BCUT2D eigenvalue weighted by atomic mass is 10.2. The summed E-state index contributed by atoms with van der Waals surface area (Å²) in [6, 6.07) is 7.97. The van der Waals surface area contributed by atoms with E-state index in [1.165, 1.54) is 12.1 Å². The second kappa shape index (κ2) is 28.1. The van der Waals surface area contributed by atoms with E-state index in [0.29, 0.717) is 92.3 Å². The predicted octanol–water partition coefficient (Wildman–Crippen LogP) is 3.02. The average Bonchev–Trinajstić information content (AvgIpc) is 2.99. The molecule has 0 bridgehead atoms. The summed E-state index contributed by atoms with van der Waals surface area (Å²) in [4.78, 5) is 11.6. The third-order valence-corrected chi connectivity index (χ3v) is 6.78. The van der Waals surface area contributed by atoms with Crippen LogP contribution in [-0.4, -0.2) is 120 Å². The van der Waals surface area contributed by atoms with Gasteiger partial charge in [0, 0.05) is 6.42 Å². The maximum atomic E-state index is 11.9. The Bertz CT molecular complexity index is 838. The van der Waals surface area contributed by atoms with Crippen LogP contribution in [0, 0.1) is 0 Å². The molecular weight excluding hydrogens is 572 g/mol. The fourth-order valence-electron chi connectivity index (χ4n) is 3.26. The minimum absolute atomic E-state index is 0.0594. The van der Waals surface area contributed by atoms with Crippen LogP contribution in [0.4, 0.5) is 0 Å². The summed E-state index contributed by atoms with van der Waals surface area (Å²) in [7, 11) is -3.76. The van der Waals surface area contributed by atoms with Gasteiger partial charge in [0.05, 0.1) is 104 Å². The van der Waals surface area contributed by atoms with Gasteiger partial charge in [0.1, 0.15) is 6.61 Å². The molecule has 0 unspecified atom stereocenters. The molecule has 0 saturated carbocycles. The Morgan fingerprint density at radius 2 is 0.952 bits per heavy atom. The average molecular weight is 623 g/mol. The lowest BCUT2D eigenvalue weighted by Gasteiger charge is -2.09. The van der Waals surface area contributed by atoms with Gasteiger partial charge in [-0.2, -0.15) is 8.42 Å². The lowest BCUT2D eigenvalue weighted by Crippen LogP contribution is -2.15. The molecule has 42 heavy (non-hydrogen) atoms. The van der Waals surface area contributed by atoms with E-state index in [4.69, 9.17) is 42.1 Å². The van der Waals surface area contributed by atoms with Gasteiger partial charge in [-0.3, -0.25) is 8.98 Å². The number of rotatable bonds is 31. The zero-order valence-corrected chi connectivity index (χ0v) is 25.9. The van der Waals surface area contributed by atoms with Crippen LogP contribution in [0.2, 0.25) is 0 Å². The zero-order chi connectivity index (χ0) is 30.4. The van der Waals surface area contributed by atoms with Crippen LogP contribution in [-0.2, 0) is 57.0 Å². The Hall–Kier alpha value is -1.68. The largest absolute Gasteiger partial charge is 0.463 e. The highest BCUT2D eigenvalue weighted by atomic mass is 32.2. The van der Waals surface area contributed by atoms with Crippen molar-refractivity contribution in [1.82, 2.24) is 0 Å². The first kappa shape index (κ1) is 38.3. The van der Waals surface area contributed by atoms with Crippen molar-refractivity contribution in [3.63, 3.8) is 0 Å². The molecule has 1 rings (SSSR count). The first-order valence-corrected chi connectivity index (χ1v) is 16.1. The van der Waals surface area contributed by atoms with Gasteiger partial charge in [0.25, 0.3) is 10.1 Å². The van der Waals surface area contributed by atoms with Gasteiger partial charge < -0.3 is 37.9 Å². The van der Waals surface area contributed by atoms with Gasteiger partial charge in [0.15, 0.2) is 0 Å². The maximum absolute atomic E-state index is 11.9. The molecule has 0 amide bonds. The highest BCUT2D eigenvalue weighted by molar-refractivity contribution is 7.86. The minimum atomic E-state index is -3.76. The molecule has 1 aromatic carbocycles. The number of carbonyl (C=O) groups excluding carboxylic acids is 1. The number of hydrogen-bond donors (Lipinski definition) is 0. The van der Waals surface area contributed by atoms with Gasteiger partial charge in [0.2, 0.25) is 0 Å². The fourth-order valence-corrected chi connectivity index (χ4v) is 4.18. The Kier molecular flexibility index (Phi) is 25.7. The SMILES string of the molecule is CCCCCCC(=O)OCCOCCOCCOCCOCCOCCOCCOCCOS(=O)(=O)c1ccccc1. The van der Waals surface area contributed by atoms with E-state index in [-0.39, 0.29) is 30.7 Å². The van der Waals surface area contributed by atoms with E-state index in [1.54, 1.807) is 18.2 Å². The molecule has 0 saturated heterocycles. The third-order valence-electron chi connectivity index (χ3n) is 5.46. The van der Waals surface area contributed by atoms with E-state index in [9.17, 15) is 13.2 Å². The summed E-state index contributed by atoms with van der Waals surface area (Å²) in [6.45, 7) is 8.09. The van der Waals surface area contributed by atoms with Crippen molar-refractivity contribution in [2.75, 3.05) is 106 Å². The molecule has 0 spiro atoms. The molecule has 0 aliphatic heterocycles. The second-order valence-electron chi connectivity index (χ2n) is 8.91. The van der Waals surface area contributed by atoms with Crippen LogP contribution in [0.3, 0.4) is 0 Å². The molecule has 0 radical (unpaired) electrons. The Balaban J connectivity index is 1.71. The number of esters is 1. The van der Waals surface area contributed by atoms with E-state index in [0.717, 1.165) is 25.7 Å². The zero-order valence-electron chi connectivity index (χ0n) is 25.0. The first-order valence-electron chi connectivity index (χ1n) is 14.7. The highest BCUT2D eigenvalue weighted by Gasteiger charge is 2.13. The minimum Gasteiger partial charge on any atom is -0.463 e. The van der Waals surface area contributed by atoms with E-state index >= 15 is 0 Å². The summed E-state index contributed by atoms with van der Waals surface area (Å²) >= 11 is 0. The second-order valence-corrected chi connectivity index (χ2v) is 10.5. The topological polar surface area (TPSA) is 134 Å². The van der Waals surface area contributed by atoms with E-state index < -0.39 is 10.1 Å². The van der Waals surface area contributed by atoms with Crippen LogP contribution in [0.25, 0.3) is 0 Å². The molecule has 13 heteroatoms. The van der Waals surface area contributed by atoms with Crippen molar-refractivity contribution in [2.24, 2.45) is 0 Å². The van der Waals surface area contributed by atoms with E-state index in [1.807, 2.05) is 0 Å². The summed E-state index contributed by atoms with van der Waals surface area (Å²) in [6.07, 6.45) is 4.72. The fraction of sp³-hybridized carbons (Fsp3) is 0.759. The lowest BCUT2D eigenvalue weighted by molar-refractivity contribution is -0.145. The number of benzene rings is 1. The monoisotopic (exact) mass is 622 g/mol. The summed E-state index contributed by atoms with van der Waals surface area (Å²) in [5.74, 6) is -0.161. The van der Waals surface area contributed by atoms with Crippen molar-refractivity contribution in [3.8, 4) is 0 Å². The maximum Gasteiger partial charge on any atom is 0.305 e. The van der Waals surface area contributed by atoms with Crippen molar-refractivity contribution in [2.45, 2.75) is 43.9 Å². The number of unbranched alkanes of at least 4 members (excludes halogenated alkanes) is 3. The molecule has 0 aliphatic carbocycles. The van der Waals surface area contributed by atoms with Crippen LogP contribution in [0.1, 0.15) is 39.0 Å². The number of carbonyl (C=O) groups is 1. The molecule has 0 aliphatic rings. The summed E-state index contributed by atoms with van der Waals surface area (Å²) < 4.78 is 71.7. The quantitative estimate of drug-likeness (QED) is 0.0684. The van der Waals surface area contributed by atoms with Crippen LogP contribution >= 0.6 is 0 Å². The van der Waals surface area contributed by atoms with Crippen LogP contribution in [0.5, 0.6) is 0 Å². The number of hydrogen-bond acceptors (Lipinski definition) is 12.